The second-order valence-corrected chi connectivity index (χ2v) is 4.21. The Morgan fingerprint density at radius 1 is 1.32 bits per heavy atom. The Kier molecular flexibility index (Phi) is 3.55. The van der Waals surface area contributed by atoms with Gasteiger partial charge in [-0.3, -0.25) is 9.47 Å². The molecule has 2 N–H and O–H groups in total. The summed E-state index contributed by atoms with van der Waals surface area (Å²) in [6.07, 6.45) is -4.72. The molecule has 0 aliphatic rings. The number of hydrogen-bond donors (Lipinski definition) is 2. The molecule has 0 saturated carbocycles. The number of carboxylic acid groups (broad SMARTS) is 1. The highest BCUT2D eigenvalue weighted by atomic mass is 19.4. The molecule has 5 nitrogen and oxygen atoms in total. The van der Waals surface area contributed by atoms with Crippen LogP contribution in [0.3, 0.4) is 0 Å². The summed E-state index contributed by atoms with van der Waals surface area (Å²) in [6, 6.07) is 0.239. The van der Waals surface area contributed by atoms with E-state index in [0.29, 0.717) is 10.9 Å². The van der Waals surface area contributed by atoms with Crippen molar-refractivity contribution in [1.29, 1.82) is 0 Å². The highest BCUT2D eigenvalue weighted by Crippen LogP contribution is 2.37. The monoisotopic (exact) mass is 322 g/mol. The fourth-order valence-corrected chi connectivity index (χ4v) is 2.02. The van der Waals surface area contributed by atoms with Crippen LogP contribution in [0.25, 0.3) is 10.9 Å². The molecule has 0 aliphatic heterocycles. The molecule has 118 valence electrons. The largest absolute Gasteiger partial charge is 0.477 e. The lowest BCUT2D eigenvalue weighted by molar-refractivity contribution is -0.139. The molecule has 0 aliphatic carbocycles. The van der Waals surface area contributed by atoms with Crippen molar-refractivity contribution in [3.05, 3.63) is 45.2 Å². The standard InChI is InChI=1S/C12H7F5N2O3/c1-18-19-3-5(11(21)22)10(20)4-2-6(13)8(14)7(9(4)19)12(15,16)17/h2-3,18H,1H3,(H,21,22). The summed E-state index contributed by atoms with van der Waals surface area (Å²) < 4.78 is 66.5. The molecule has 2 aromatic rings. The van der Waals surface area contributed by atoms with E-state index in [0.717, 1.165) is 7.05 Å². The van der Waals surface area contributed by atoms with Gasteiger partial charge in [-0.15, -0.1) is 0 Å². The third-order valence-electron chi connectivity index (χ3n) is 2.94. The minimum Gasteiger partial charge on any atom is -0.477 e. The number of alkyl halides is 3. The van der Waals surface area contributed by atoms with E-state index in [-0.39, 0.29) is 6.07 Å². The molecule has 1 heterocycles. The van der Waals surface area contributed by atoms with Crippen molar-refractivity contribution in [2.45, 2.75) is 6.18 Å². The molecule has 0 radical (unpaired) electrons. The number of hydrogen-bond acceptors (Lipinski definition) is 3. The Morgan fingerprint density at radius 2 is 1.91 bits per heavy atom. The molecule has 0 saturated heterocycles. The van der Waals surface area contributed by atoms with E-state index < -0.39 is 51.2 Å². The van der Waals surface area contributed by atoms with Crippen molar-refractivity contribution in [3.8, 4) is 0 Å². The first-order valence-electron chi connectivity index (χ1n) is 5.65. The van der Waals surface area contributed by atoms with Gasteiger partial charge in [-0.2, -0.15) is 13.2 Å². The lowest BCUT2D eigenvalue weighted by Gasteiger charge is -2.17. The van der Waals surface area contributed by atoms with Crippen LogP contribution < -0.4 is 10.9 Å². The number of nitrogens with one attached hydrogen (secondary N) is 1. The van der Waals surface area contributed by atoms with Gasteiger partial charge in [-0.1, -0.05) is 0 Å². The Labute approximate surface area is 118 Å². The molecule has 0 spiro atoms. The summed E-state index contributed by atoms with van der Waals surface area (Å²) in [5, 5.41) is 7.96. The predicted molar refractivity (Wildman–Crippen MR) is 65.4 cm³/mol. The molecule has 1 aromatic heterocycles. The highest BCUT2D eigenvalue weighted by molar-refractivity contribution is 5.93. The van der Waals surface area contributed by atoms with E-state index in [1.807, 2.05) is 0 Å². The third kappa shape index (κ3) is 2.26. The lowest BCUT2D eigenvalue weighted by Crippen LogP contribution is -2.25. The average Bonchev–Trinajstić information content (AvgIpc) is 2.39. The number of benzene rings is 1. The maximum absolute atomic E-state index is 13.6. The Bertz CT molecular complexity index is 841. The number of nitrogens with zero attached hydrogens (tertiary/aromatic N) is 1. The van der Waals surface area contributed by atoms with Crippen molar-refractivity contribution >= 4 is 16.9 Å². The number of carboxylic acids is 1. The molecule has 22 heavy (non-hydrogen) atoms. The van der Waals surface area contributed by atoms with Crippen LogP contribution in [0.2, 0.25) is 0 Å². The van der Waals surface area contributed by atoms with E-state index in [2.05, 4.69) is 5.43 Å². The first-order valence-corrected chi connectivity index (χ1v) is 5.65. The van der Waals surface area contributed by atoms with Gasteiger partial charge < -0.3 is 10.5 Å². The van der Waals surface area contributed by atoms with Gasteiger partial charge in [0.1, 0.15) is 11.1 Å². The van der Waals surface area contributed by atoms with Gasteiger partial charge in [0.25, 0.3) is 0 Å². The van der Waals surface area contributed by atoms with Crippen molar-refractivity contribution in [2.24, 2.45) is 0 Å². The quantitative estimate of drug-likeness (QED) is 0.831. The maximum Gasteiger partial charge on any atom is 0.421 e. The van der Waals surface area contributed by atoms with Crippen LogP contribution in [0.1, 0.15) is 15.9 Å². The van der Waals surface area contributed by atoms with Crippen molar-refractivity contribution in [2.75, 3.05) is 12.5 Å². The second-order valence-electron chi connectivity index (χ2n) is 4.21. The summed E-state index contributed by atoms with van der Waals surface area (Å²) in [6.45, 7) is 0. The first-order chi connectivity index (χ1) is 10.1. The van der Waals surface area contributed by atoms with Crippen LogP contribution in [0.15, 0.2) is 17.1 Å². The topological polar surface area (TPSA) is 71.3 Å². The number of rotatable bonds is 2. The Balaban J connectivity index is 3.16. The zero-order valence-electron chi connectivity index (χ0n) is 10.8. The molecule has 2 rings (SSSR count). The fourth-order valence-electron chi connectivity index (χ4n) is 2.02. The van der Waals surface area contributed by atoms with Crippen molar-refractivity contribution < 1.29 is 31.9 Å². The summed E-state index contributed by atoms with van der Waals surface area (Å²) in [5.74, 6) is -5.79. The lowest BCUT2D eigenvalue weighted by atomic mass is 10.1. The summed E-state index contributed by atoms with van der Waals surface area (Å²) in [7, 11) is 1.12. The van der Waals surface area contributed by atoms with E-state index in [1.54, 1.807) is 0 Å². The summed E-state index contributed by atoms with van der Waals surface area (Å²) in [5.41, 5.74) is -3.05. The van der Waals surface area contributed by atoms with Crippen LogP contribution in [0.4, 0.5) is 22.0 Å². The molecule has 0 fully saturated rings. The van der Waals surface area contributed by atoms with Gasteiger partial charge in [0.15, 0.2) is 11.6 Å². The molecular formula is C12H7F5N2O3. The number of aromatic carboxylic acids is 1. The van der Waals surface area contributed by atoms with Gasteiger partial charge in [-0.05, 0) is 6.07 Å². The molecule has 0 unspecified atom stereocenters. The number of carbonyl (C=O) groups is 1. The highest BCUT2D eigenvalue weighted by Gasteiger charge is 2.39. The minimum absolute atomic E-state index is 0.239. The van der Waals surface area contributed by atoms with Crippen molar-refractivity contribution in [1.82, 2.24) is 4.68 Å². The number of aromatic nitrogens is 1. The zero-order chi connectivity index (χ0) is 16.8. The summed E-state index contributed by atoms with van der Waals surface area (Å²) in [4.78, 5) is 22.8. The molecule has 1 aromatic carbocycles. The third-order valence-corrected chi connectivity index (χ3v) is 2.94. The van der Waals surface area contributed by atoms with Gasteiger partial charge in [0.05, 0.1) is 10.9 Å². The number of pyridine rings is 1. The van der Waals surface area contributed by atoms with Crippen LogP contribution in [-0.2, 0) is 6.18 Å². The molecule has 0 bridgehead atoms. The average molecular weight is 322 g/mol. The Hall–Kier alpha value is -2.65. The van der Waals surface area contributed by atoms with Crippen LogP contribution >= 0.6 is 0 Å². The van der Waals surface area contributed by atoms with E-state index in [9.17, 15) is 31.5 Å². The van der Waals surface area contributed by atoms with Gasteiger partial charge in [-0.25, -0.2) is 13.6 Å². The second kappa shape index (κ2) is 4.97. The van der Waals surface area contributed by atoms with Gasteiger partial charge in [0, 0.05) is 13.2 Å². The SMILES string of the molecule is CNn1cc(C(=O)O)c(=O)c2cc(F)c(F)c(C(F)(F)F)c21. The summed E-state index contributed by atoms with van der Waals surface area (Å²) >= 11 is 0. The first kappa shape index (κ1) is 15.7. The van der Waals surface area contributed by atoms with Gasteiger partial charge >= 0.3 is 12.1 Å². The zero-order valence-corrected chi connectivity index (χ0v) is 10.8. The van der Waals surface area contributed by atoms with Gasteiger partial charge in [0.2, 0.25) is 5.43 Å². The van der Waals surface area contributed by atoms with Crippen LogP contribution in [0.5, 0.6) is 0 Å². The molecule has 0 amide bonds. The van der Waals surface area contributed by atoms with E-state index in [1.165, 1.54) is 0 Å². The predicted octanol–water partition coefficient (Wildman–Crippen LogP) is 2.17. The number of fused-ring (bicyclic) bond motifs is 1. The van der Waals surface area contributed by atoms with E-state index in [4.69, 9.17) is 5.11 Å². The molecule has 10 heteroatoms. The normalized spacial score (nSPS) is 11.7. The minimum atomic E-state index is -5.29. The molecule has 0 atom stereocenters. The van der Waals surface area contributed by atoms with E-state index >= 15 is 0 Å². The van der Waals surface area contributed by atoms with Crippen LogP contribution in [0, 0.1) is 11.6 Å². The smallest absolute Gasteiger partial charge is 0.421 e. The maximum atomic E-state index is 13.6. The molecular weight excluding hydrogens is 315 g/mol. The Morgan fingerprint density at radius 3 is 2.36 bits per heavy atom. The fraction of sp³-hybridized carbons (Fsp3) is 0.167. The van der Waals surface area contributed by atoms with Crippen molar-refractivity contribution in [3.63, 3.8) is 0 Å². The number of halogens is 5. The van der Waals surface area contributed by atoms with Crippen LogP contribution in [-0.4, -0.2) is 22.8 Å².